The summed E-state index contributed by atoms with van der Waals surface area (Å²) in [6.07, 6.45) is 1.72. The highest BCUT2D eigenvalue weighted by Crippen LogP contribution is 2.42. The SMILES string of the molecule is CC(C)(C)[Si](C)(C)OCC(CCSC#N)(CCSC#N)CO[Si](C)(C)C(C)(C)C. The van der Waals surface area contributed by atoms with Crippen molar-refractivity contribution in [3.8, 4) is 10.8 Å². The lowest BCUT2D eigenvalue weighted by Crippen LogP contribution is -2.48. The van der Waals surface area contributed by atoms with Crippen LogP contribution in [0.1, 0.15) is 54.4 Å². The lowest BCUT2D eigenvalue weighted by molar-refractivity contribution is 0.0597. The molecule has 0 N–H and O–H groups in total. The van der Waals surface area contributed by atoms with Gasteiger partial charge in [0.2, 0.25) is 0 Å². The van der Waals surface area contributed by atoms with Gasteiger partial charge in [-0.15, -0.1) is 0 Å². The molecule has 0 saturated heterocycles. The zero-order valence-electron chi connectivity index (χ0n) is 20.3. The minimum atomic E-state index is -1.91. The van der Waals surface area contributed by atoms with Crippen LogP contribution in [-0.4, -0.2) is 41.4 Å². The van der Waals surface area contributed by atoms with Crippen LogP contribution in [0.4, 0.5) is 0 Å². The molecule has 0 radical (unpaired) electrons. The van der Waals surface area contributed by atoms with Crippen LogP contribution in [0.5, 0.6) is 0 Å². The van der Waals surface area contributed by atoms with E-state index < -0.39 is 16.6 Å². The van der Waals surface area contributed by atoms with E-state index in [-0.39, 0.29) is 15.5 Å². The predicted molar refractivity (Wildman–Crippen MR) is 134 cm³/mol. The third-order valence-corrected chi connectivity index (χ3v) is 16.7. The van der Waals surface area contributed by atoms with Crippen molar-refractivity contribution in [2.24, 2.45) is 5.41 Å². The number of thiocyanates is 2. The molecule has 0 aromatic rings. The van der Waals surface area contributed by atoms with Gasteiger partial charge in [0, 0.05) is 30.1 Å². The number of thioether (sulfide) groups is 2. The van der Waals surface area contributed by atoms with E-state index in [1.165, 1.54) is 23.5 Å². The van der Waals surface area contributed by atoms with Crippen molar-refractivity contribution in [2.45, 2.75) is 90.6 Å². The average molecular weight is 475 g/mol. The number of hydrogen-bond donors (Lipinski definition) is 0. The summed E-state index contributed by atoms with van der Waals surface area (Å²) < 4.78 is 13.3. The molecule has 4 nitrogen and oxygen atoms in total. The van der Waals surface area contributed by atoms with Crippen LogP contribution in [0.2, 0.25) is 36.3 Å². The molecule has 0 bridgehead atoms. The first-order valence-electron chi connectivity index (χ1n) is 10.3. The molecule has 0 aliphatic carbocycles. The topological polar surface area (TPSA) is 66.0 Å². The normalized spacial score (nSPS) is 13.8. The van der Waals surface area contributed by atoms with Crippen LogP contribution < -0.4 is 0 Å². The van der Waals surface area contributed by atoms with Gasteiger partial charge in [0.25, 0.3) is 0 Å². The Kier molecular flexibility index (Phi) is 11.6. The van der Waals surface area contributed by atoms with Crippen molar-refractivity contribution in [2.75, 3.05) is 24.7 Å². The summed E-state index contributed by atoms with van der Waals surface area (Å²) in [7, 11) is -3.82. The van der Waals surface area contributed by atoms with Gasteiger partial charge < -0.3 is 8.85 Å². The molecule has 8 heteroatoms. The smallest absolute Gasteiger partial charge is 0.192 e. The van der Waals surface area contributed by atoms with Gasteiger partial charge in [0.05, 0.1) is 0 Å². The molecular formula is C21H42N2O2S2Si2. The van der Waals surface area contributed by atoms with Crippen LogP contribution >= 0.6 is 23.5 Å². The Morgan fingerprint density at radius 2 is 1.00 bits per heavy atom. The fraction of sp³-hybridized carbons (Fsp3) is 0.905. The maximum atomic E-state index is 9.03. The lowest BCUT2D eigenvalue weighted by atomic mass is 9.84. The summed E-state index contributed by atoms with van der Waals surface area (Å²) in [6, 6.07) is 0. The Balaban J connectivity index is 5.67. The molecule has 0 amide bonds. The Hall–Kier alpha value is 0.0338. The molecule has 0 aliphatic heterocycles. The van der Waals surface area contributed by atoms with Gasteiger partial charge in [0.15, 0.2) is 16.6 Å². The minimum absolute atomic E-state index is 0.141. The monoisotopic (exact) mass is 474 g/mol. The molecule has 168 valence electrons. The van der Waals surface area contributed by atoms with E-state index in [9.17, 15) is 0 Å². The highest BCUT2D eigenvalue weighted by molar-refractivity contribution is 8.03. The van der Waals surface area contributed by atoms with Crippen LogP contribution in [0.25, 0.3) is 0 Å². The second-order valence-corrected chi connectivity index (χ2v) is 22.4. The fourth-order valence-electron chi connectivity index (χ4n) is 2.18. The maximum absolute atomic E-state index is 9.03. The molecule has 29 heavy (non-hydrogen) atoms. The van der Waals surface area contributed by atoms with Crippen molar-refractivity contribution in [3.05, 3.63) is 0 Å². The quantitative estimate of drug-likeness (QED) is 0.169. The van der Waals surface area contributed by atoms with Gasteiger partial charge in [0.1, 0.15) is 10.8 Å². The van der Waals surface area contributed by atoms with Crippen LogP contribution in [0.3, 0.4) is 0 Å². The zero-order chi connectivity index (χ0) is 23.0. The van der Waals surface area contributed by atoms with Crippen LogP contribution in [0, 0.1) is 26.7 Å². The van der Waals surface area contributed by atoms with Crippen LogP contribution in [-0.2, 0) is 8.85 Å². The van der Waals surface area contributed by atoms with E-state index >= 15 is 0 Å². The summed E-state index contributed by atoms with van der Waals surface area (Å²) in [5.74, 6) is 1.52. The largest absolute Gasteiger partial charge is 0.416 e. The molecular weight excluding hydrogens is 433 g/mol. The van der Waals surface area contributed by atoms with E-state index in [0.717, 1.165) is 24.3 Å². The fourth-order valence-corrected chi connectivity index (χ4v) is 5.63. The van der Waals surface area contributed by atoms with Gasteiger partial charge in [-0.3, -0.25) is 0 Å². The first-order valence-corrected chi connectivity index (χ1v) is 18.1. The second kappa shape index (κ2) is 11.6. The van der Waals surface area contributed by atoms with E-state index in [2.05, 4.69) is 78.5 Å². The standard InChI is InChI=1S/C21H42N2O2S2Si2/c1-19(2,3)28(7,8)24-15-21(11-13-26-17-22,12-14-27-18-23)16-25-29(9,10)20(4,5)6/h11-16H2,1-10H3. The molecule has 0 aromatic carbocycles. The predicted octanol–water partition coefficient (Wildman–Crippen LogP) is 7.23. The van der Waals surface area contributed by atoms with E-state index in [1.807, 2.05) is 0 Å². The van der Waals surface area contributed by atoms with Gasteiger partial charge in [-0.05, 0) is 72.6 Å². The Morgan fingerprint density at radius 3 is 1.24 bits per heavy atom. The maximum Gasteiger partial charge on any atom is 0.192 e. The number of nitrogens with zero attached hydrogens (tertiary/aromatic N) is 2. The average Bonchev–Trinajstić information content (AvgIpc) is 2.56. The van der Waals surface area contributed by atoms with Crippen molar-refractivity contribution in [1.29, 1.82) is 10.5 Å². The van der Waals surface area contributed by atoms with Crippen molar-refractivity contribution < 1.29 is 8.85 Å². The summed E-state index contributed by atoms with van der Waals surface area (Å²) >= 11 is 2.59. The summed E-state index contributed by atoms with van der Waals surface area (Å²) in [6.45, 7) is 23.9. The molecule has 0 spiro atoms. The molecule has 0 aromatic heterocycles. The summed E-state index contributed by atoms with van der Waals surface area (Å²) in [5.41, 5.74) is -0.168. The number of nitriles is 2. The Morgan fingerprint density at radius 1 is 0.690 bits per heavy atom. The highest BCUT2D eigenvalue weighted by atomic mass is 32.2. The lowest BCUT2D eigenvalue weighted by Gasteiger charge is -2.44. The first-order chi connectivity index (χ1) is 13.0. The molecule has 0 atom stereocenters. The van der Waals surface area contributed by atoms with Gasteiger partial charge in [-0.2, -0.15) is 10.5 Å². The van der Waals surface area contributed by atoms with Crippen LogP contribution in [0.15, 0.2) is 0 Å². The zero-order valence-corrected chi connectivity index (χ0v) is 23.9. The van der Waals surface area contributed by atoms with Gasteiger partial charge in [-0.25, -0.2) is 0 Å². The van der Waals surface area contributed by atoms with Gasteiger partial charge >= 0.3 is 0 Å². The Labute approximate surface area is 190 Å². The molecule has 0 aliphatic rings. The summed E-state index contributed by atoms with van der Waals surface area (Å²) in [5, 5.41) is 22.7. The summed E-state index contributed by atoms with van der Waals surface area (Å²) in [4.78, 5) is 0. The van der Waals surface area contributed by atoms with Crippen molar-refractivity contribution in [3.63, 3.8) is 0 Å². The highest BCUT2D eigenvalue weighted by Gasteiger charge is 2.43. The molecule has 0 fully saturated rings. The first kappa shape index (κ1) is 29.0. The number of rotatable bonds is 12. The van der Waals surface area contributed by atoms with Gasteiger partial charge in [-0.1, -0.05) is 41.5 Å². The number of hydrogen-bond acceptors (Lipinski definition) is 6. The second-order valence-electron chi connectivity index (χ2n) is 11.0. The molecule has 0 rings (SSSR count). The van der Waals surface area contributed by atoms with Crippen molar-refractivity contribution in [1.82, 2.24) is 0 Å². The molecule has 0 unspecified atom stereocenters. The third-order valence-electron chi connectivity index (χ3n) is 6.69. The van der Waals surface area contributed by atoms with Crippen molar-refractivity contribution >= 4 is 40.2 Å². The Bertz CT molecular complexity index is 533. The van der Waals surface area contributed by atoms with E-state index in [1.54, 1.807) is 0 Å². The van der Waals surface area contributed by atoms with E-state index in [4.69, 9.17) is 19.4 Å². The molecule has 0 heterocycles. The third kappa shape index (κ3) is 9.80. The minimum Gasteiger partial charge on any atom is -0.416 e. The van der Waals surface area contributed by atoms with E-state index in [0.29, 0.717) is 13.2 Å². The molecule has 0 saturated carbocycles.